The number of benzene rings is 1. The van der Waals surface area contributed by atoms with Crippen LogP contribution >= 0.6 is 11.8 Å². The lowest BCUT2D eigenvalue weighted by molar-refractivity contribution is 0.193. The lowest BCUT2D eigenvalue weighted by Gasteiger charge is -2.23. The van der Waals surface area contributed by atoms with Gasteiger partial charge in [-0.25, -0.2) is 0 Å². The summed E-state index contributed by atoms with van der Waals surface area (Å²) in [6.45, 7) is 0.246. The quantitative estimate of drug-likeness (QED) is 0.932. The van der Waals surface area contributed by atoms with E-state index in [1.54, 1.807) is 0 Å². The first-order chi connectivity index (χ1) is 9.86. The van der Waals surface area contributed by atoms with E-state index in [2.05, 4.69) is 10.1 Å². The molecule has 2 N–H and O–H groups in total. The number of thioether (sulfide) groups is 1. The van der Waals surface area contributed by atoms with Crippen molar-refractivity contribution < 1.29 is 9.26 Å². The molecule has 0 spiro atoms. The third kappa shape index (κ3) is 2.96. The molecular weight excluding hydrogens is 274 g/mol. The van der Waals surface area contributed by atoms with Gasteiger partial charge in [0.2, 0.25) is 11.7 Å². The molecule has 2 aromatic rings. The summed E-state index contributed by atoms with van der Waals surface area (Å²) >= 11 is 1.98. The van der Waals surface area contributed by atoms with Gasteiger partial charge in [0.25, 0.3) is 0 Å². The summed E-state index contributed by atoms with van der Waals surface area (Å²) in [5, 5.41) is 3.96. The molecule has 5 nitrogen and oxygen atoms in total. The first-order valence-electron chi connectivity index (χ1n) is 6.73. The molecule has 1 aromatic heterocycles. The molecule has 0 atom stereocenters. The molecule has 1 saturated heterocycles. The van der Waals surface area contributed by atoms with Crippen LogP contribution in [0.4, 0.5) is 0 Å². The van der Waals surface area contributed by atoms with Gasteiger partial charge < -0.3 is 15.0 Å². The molecule has 1 fully saturated rings. The fourth-order valence-corrected chi connectivity index (χ4v) is 3.24. The van der Waals surface area contributed by atoms with E-state index in [4.69, 9.17) is 15.0 Å². The molecule has 0 unspecified atom stereocenters. The molecule has 3 rings (SSSR count). The average Bonchev–Trinajstić information content (AvgIpc) is 2.98. The molecule has 1 aromatic carbocycles. The van der Waals surface area contributed by atoms with Gasteiger partial charge in [-0.2, -0.15) is 16.7 Å². The zero-order valence-electron chi connectivity index (χ0n) is 11.1. The highest BCUT2D eigenvalue weighted by molar-refractivity contribution is 7.99. The topological polar surface area (TPSA) is 74.2 Å². The Labute approximate surface area is 121 Å². The monoisotopic (exact) mass is 291 g/mol. The summed E-state index contributed by atoms with van der Waals surface area (Å²) in [7, 11) is 0. The number of nitrogens with zero attached hydrogens (tertiary/aromatic N) is 2. The lowest BCUT2D eigenvalue weighted by Crippen LogP contribution is -2.22. The van der Waals surface area contributed by atoms with E-state index >= 15 is 0 Å². The van der Waals surface area contributed by atoms with Crippen molar-refractivity contribution in [3.63, 3.8) is 0 Å². The van der Waals surface area contributed by atoms with Gasteiger partial charge in [-0.15, -0.1) is 0 Å². The predicted molar refractivity (Wildman–Crippen MR) is 78.6 cm³/mol. The molecule has 106 valence electrons. The molecule has 1 aliphatic rings. The maximum Gasteiger partial charge on any atom is 0.240 e. The zero-order chi connectivity index (χ0) is 13.8. The average molecular weight is 291 g/mol. The minimum Gasteiger partial charge on any atom is -0.490 e. The molecule has 0 bridgehead atoms. The fraction of sp³-hybridized carbons (Fsp3) is 0.429. The minimum atomic E-state index is 0.246. The van der Waals surface area contributed by atoms with Crippen molar-refractivity contribution in [1.82, 2.24) is 10.1 Å². The van der Waals surface area contributed by atoms with Crippen LogP contribution in [0.25, 0.3) is 11.4 Å². The van der Waals surface area contributed by atoms with Crippen LogP contribution in [0.5, 0.6) is 5.75 Å². The molecule has 0 saturated carbocycles. The highest BCUT2D eigenvalue weighted by Crippen LogP contribution is 2.30. The van der Waals surface area contributed by atoms with E-state index < -0.39 is 0 Å². The molecule has 0 aliphatic carbocycles. The van der Waals surface area contributed by atoms with Crippen LogP contribution in [0.3, 0.4) is 0 Å². The summed E-state index contributed by atoms with van der Waals surface area (Å²) in [6, 6.07) is 7.80. The molecule has 1 aliphatic heterocycles. The van der Waals surface area contributed by atoms with E-state index in [1.165, 1.54) is 0 Å². The maximum atomic E-state index is 6.12. The zero-order valence-corrected chi connectivity index (χ0v) is 11.9. The van der Waals surface area contributed by atoms with E-state index in [-0.39, 0.29) is 12.6 Å². The van der Waals surface area contributed by atoms with Crippen molar-refractivity contribution in [1.29, 1.82) is 0 Å². The normalized spacial score (nSPS) is 16.2. The van der Waals surface area contributed by atoms with Gasteiger partial charge in [0.15, 0.2) is 0 Å². The third-order valence-corrected chi connectivity index (χ3v) is 4.28. The number of hydrogen-bond acceptors (Lipinski definition) is 6. The van der Waals surface area contributed by atoms with Crippen LogP contribution in [-0.2, 0) is 6.54 Å². The smallest absolute Gasteiger partial charge is 0.240 e. The second-order valence-corrected chi connectivity index (χ2v) is 5.87. The Hall–Kier alpha value is -1.53. The Bertz CT molecular complexity index is 567. The van der Waals surface area contributed by atoms with Crippen molar-refractivity contribution >= 4 is 11.8 Å². The van der Waals surface area contributed by atoms with Crippen LogP contribution in [0.1, 0.15) is 18.7 Å². The van der Waals surface area contributed by atoms with Crippen LogP contribution in [0.15, 0.2) is 28.8 Å². The highest BCUT2D eigenvalue weighted by Gasteiger charge is 2.18. The number of rotatable bonds is 4. The molecule has 0 radical (unpaired) electrons. The SMILES string of the molecule is NCc1nc(-c2ccccc2OC2CCSCC2)no1. The number of ether oxygens (including phenoxy) is 1. The fourth-order valence-electron chi connectivity index (χ4n) is 2.17. The van der Waals surface area contributed by atoms with Crippen LogP contribution in [0, 0.1) is 0 Å². The Morgan fingerprint density at radius 2 is 2.10 bits per heavy atom. The molecule has 6 heteroatoms. The van der Waals surface area contributed by atoms with Crippen molar-refractivity contribution in [2.75, 3.05) is 11.5 Å². The van der Waals surface area contributed by atoms with Gasteiger partial charge in [-0.3, -0.25) is 0 Å². The standard InChI is InChI=1S/C14H17N3O2S/c15-9-13-16-14(17-19-13)11-3-1-2-4-12(11)18-10-5-7-20-8-6-10/h1-4,10H,5-9,15H2. The summed E-state index contributed by atoms with van der Waals surface area (Å²) in [5.41, 5.74) is 6.35. The molecule has 20 heavy (non-hydrogen) atoms. The molecule has 2 heterocycles. The van der Waals surface area contributed by atoms with Gasteiger partial charge in [0.1, 0.15) is 11.9 Å². The largest absolute Gasteiger partial charge is 0.490 e. The highest BCUT2D eigenvalue weighted by atomic mass is 32.2. The van der Waals surface area contributed by atoms with Crippen molar-refractivity contribution in [3.05, 3.63) is 30.2 Å². The van der Waals surface area contributed by atoms with E-state index in [0.717, 1.165) is 35.7 Å². The van der Waals surface area contributed by atoms with Crippen LogP contribution < -0.4 is 10.5 Å². The Balaban J connectivity index is 1.83. The third-order valence-electron chi connectivity index (χ3n) is 3.23. The van der Waals surface area contributed by atoms with Gasteiger partial charge in [-0.1, -0.05) is 17.3 Å². The summed E-state index contributed by atoms with van der Waals surface area (Å²) < 4.78 is 11.2. The maximum absolute atomic E-state index is 6.12. The number of hydrogen-bond donors (Lipinski definition) is 1. The number of aromatic nitrogens is 2. The van der Waals surface area contributed by atoms with Gasteiger partial charge in [-0.05, 0) is 36.5 Å². The van der Waals surface area contributed by atoms with Gasteiger partial charge >= 0.3 is 0 Å². The van der Waals surface area contributed by atoms with Gasteiger partial charge in [0.05, 0.1) is 12.1 Å². The summed E-state index contributed by atoms with van der Waals surface area (Å²) in [5.74, 6) is 4.10. The Morgan fingerprint density at radius 3 is 2.85 bits per heavy atom. The lowest BCUT2D eigenvalue weighted by atomic mass is 10.1. The minimum absolute atomic E-state index is 0.246. The van der Waals surface area contributed by atoms with Crippen molar-refractivity contribution in [3.8, 4) is 17.1 Å². The first-order valence-corrected chi connectivity index (χ1v) is 7.89. The molecular formula is C14H17N3O2S. The van der Waals surface area contributed by atoms with Gasteiger partial charge in [0, 0.05) is 0 Å². The Morgan fingerprint density at radius 1 is 1.30 bits per heavy atom. The first kappa shape index (κ1) is 13.5. The summed E-state index contributed by atoms with van der Waals surface area (Å²) in [4.78, 5) is 4.27. The summed E-state index contributed by atoms with van der Waals surface area (Å²) in [6.07, 6.45) is 2.44. The second-order valence-electron chi connectivity index (χ2n) is 4.64. The van der Waals surface area contributed by atoms with Crippen molar-refractivity contribution in [2.24, 2.45) is 5.73 Å². The number of nitrogens with two attached hydrogens (primary N) is 1. The number of para-hydroxylation sites is 1. The van der Waals surface area contributed by atoms with E-state index in [0.29, 0.717) is 11.7 Å². The predicted octanol–water partition coefficient (Wildman–Crippen LogP) is 2.47. The van der Waals surface area contributed by atoms with Crippen LogP contribution in [-0.4, -0.2) is 27.8 Å². The van der Waals surface area contributed by atoms with E-state index in [1.807, 2.05) is 36.0 Å². The second kappa shape index (κ2) is 6.28. The molecule has 0 amide bonds. The van der Waals surface area contributed by atoms with Crippen molar-refractivity contribution in [2.45, 2.75) is 25.5 Å². The van der Waals surface area contributed by atoms with E-state index in [9.17, 15) is 0 Å². The Kier molecular flexibility index (Phi) is 4.22. The van der Waals surface area contributed by atoms with Crippen LogP contribution in [0.2, 0.25) is 0 Å².